The minimum absolute atomic E-state index is 0.0649. The van der Waals surface area contributed by atoms with Gasteiger partial charge in [0.25, 0.3) is 11.6 Å². The molecule has 0 spiro atoms. The van der Waals surface area contributed by atoms with Crippen molar-refractivity contribution in [3.05, 3.63) is 68.9 Å². The van der Waals surface area contributed by atoms with Gasteiger partial charge in [-0.1, -0.05) is 42.2 Å². The molecular weight excluding hydrogens is 423 g/mol. The van der Waals surface area contributed by atoms with Gasteiger partial charge in [0.2, 0.25) is 0 Å². The Balaban J connectivity index is 1.93. The third-order valence-corrected chi connectivity index (χ3v) is 6.06. The van der Waals surface area contributed by atoms with Crippen LogP contribution in [0.2, 0.25) is 0 Å². The van der Waals surface area contributed by atoms with Gasteiger partial charge in [0.1, 0.15) is 5.82 Å². The van der Waals surface area contributed by atoms with Crippen molar-refractivity contribution in [2.24, 2.45) is 0 Å². The number of nitro benzene ring substituents is 1. The quantitative estimate of drug-likeness (QED) is 0.239. The first kappa shape index (κ1) is 20.5. The van der Waals surface area contributed by atoms with Crippen LogP contribution in [-0.2, 0) is 4.79 Å². The Kier molecular flexibility index (Phi) is 6.45. The Morgan fingerprint density at radius 1 is 1.32 bits per heavy atom. The van der Waals surface area contributed by atoms with E-state index in [-0.39, 0.29) is 27.2 Å². The topological polar surface area (TPSA) is 83.7 Å². The molecule has 6 nitrogen and oxygen atoms in total. The van der Waals surface area contributed by atoms with Crippen molar-refractivity contribution >= 4 is 63.4 Å². The van der Waals surface area contributed by atoms with Crippen molar-refractivity contribution in [1.29, 1.82) is 0 Å². The minimum atomic E-state index is -0.569. The standard InChI is InChI=1S/C18H13FN2O4S3/c19-12-3-1-2-4-13(12)20-17(23)16(28-18(20)26)10-11-5-6-15(27-8-7-22)14(9-11)21(24)25/h1-6,9-10,22H,7-8H2. The molecule has 0 unspecified atom stereocenters. The third-order valence-electron chi connectivity index (χ3n) is 3.71. The molecular formula is C18H13FN2O4S3. The van der Waals surface area contributed by atoms with Crippen LogP contribution < -0.4 is 4.90 Å². The number of benzene rings is 2. The molecule has 0 saturated carbocycles. The molecule has 0 radical (unpaired) electrons. The Hall–Kier alpha value is -2.27. The number of thioether (sulfide) groups is 2. The van der Waals surface area contributed by atoms with E-state index in [0.717, 1.165) is 16.7 Å². The van der Waals surface area contributed by atoms with Crippen LogP contribution in [0.3, 0.4) is 0 Å². The molecule has 0 aliphatic carbocycles. The van der Waals surface area contributed by atoms with Crippen LogP contribution in [0.5, 0.6) is 0 Å². The molecule has 0 atom stereocenters. The van der Waals surface area contributed by atoms with Gasteiger partial charge in [-0.3, -0.25) is 19.8 Å². The Morgan fingerprint density at radius 2 is 2.07 bits per heavy atom. The van der Waals surface area contributed by atoms with E-state index in [0.29, 0.717) is 16.2 Å². The van der Waals surface area contributed by atoms with Crippen LogP contribution in [-0.4, -0.2) is 32.6 Å². The van der Waals surface area contributed by atoms with Crippen LogP contribution in [0.4, 0.5) is 15.8 Å². The molecule has 3 rings (SSSR count). The summed E-state index contributed by atoms with van der Waals surface area (Å²) in [6.07, 6.45) is 1.49. The summed E-state index contributed by atoms with van der Waals surface area (Å²) in [6, 6.07) is 10.4. The summed E-state index contributed by atoms with van der Waals surface area (Å²) in [5.41, 5.74) is 0.404. The Bertz CT molecular complexity index is 997. The summed E-state index contributed by atoms with van der Waals surface area (Å²) in [6.45, 7) is -0.0951. The first-order valence-electron chi connectivity index (χ1n) is 7.97. The summed E-state index contributed by atoms with van der Waals surface area (Å²) >= 11 is 7.39. The van der Waals surface area contributed by atoms with E-state index in [1.165, 1.54) is 42.1 Å². The Morgan fingerprint density at radius 3 is 2.75 bits per heavy atom. The fourth-order valence-electron chi connectivity index (χ4n) is 2.50. The summed E-state index contributed by atoms with van der Waals surface area (Å²) in [7, 11) is 0. The van der Waals surface area contributed by atoms with Crippen molar-refractivity contribution < 1.29 is 19.2 Å². The van der Waals surface area contributed by atoms with E-state index < -0.39 is 16.6 Å². The van der Waals surface area contributed by atoms with Crippen LogP contribution in [0.1, 0.15) is 5.56 Å². The normalized spacial score (nSPS) is 15.5. The van der Waals surface area contributed by atoms with Gasteiger partial charge in [0.15, 0.2) is 4.32 Å². The maximum absolute atomic E-state index is 14.1. The first-order valence-corrected chi connectivity index (χ1v) is 10.2. The lowest BCUT2D eigenvalue weighted by molar-refractivity contribution is -0.387. The van der Waals surface area contributed by atoms with Crippen LogP contribution >= 0.6 is 35.7 Å². The smallest absolute Gasteiger partial charge is 0.283 e. The highest BCUT2D eigenvalue weighted by Gasteiger charge is 2.34. The summed E-state index contributed by atoms with van der Waals surface area (Å²) < 4.78 is 14.2. The number of nitro groups is 1. The number of carbonyl (C=O) groups excluding carboxylic acids is 1. The molecule has 2 aromatic rings. The number of carbonyl (C=O) groups is 1. The summed E-state index contributed by atoms with van der Waals surface area (Å²) in [5.74, 6) is -0.718. The van der Waals surface area contributed by atoms with E-state index in [4.69, 9.17) is 17.3 Å². The molecule has 144 valence electrons. The lowest BCUT2D eigenvalue weighted by atomic mass is 10.2. The van der Waals surface area contributed by atoms with Gasteiger partial charge in [-0.05, 0) is 29.8 Å². The van der Waals surface area contributed by atoms with E-state index in [9.17, 15) is 19.3 Å². The van der Waals surface area contributed by atoms with Gasteiger partial charge < -0.3 is 5.11 Å². The molecule has 2 aromatic carbocycles. The molecule has 1 fully saturated rings. The van der Waals surface area contributed by atoms with E-state index in [2.05, 4.69) is 0 Å². The maximum Gasteiger partial charge on any atom is 0.283 e. The van der Waals surface area contributed by atoms with Crippen molar-refractivity contribution in [2.75, 3.05) is 17.3 Å². The van der Waals surface area contributed by atoms with Gasteiger partial charge >= 0.3 is 0 Å². The van der Waals surface area contributed by atoms with E-state index in [1.54, 1.807) is 18.2 Å². The predicted octanol–water partition coefficient (Wildman–Crippen LogP) is 4.22. The predicted molar refractivity (Wildman–Crippen MR) is 113 cm³/mol. The van der Waals surface area contributed by atoms with Crippen LogP contribution in [0.15, 0.2) is 52.3 Å². The number of amides is 1. The Labute approximate surface area is 173 Å². The molecule has 1 aliphatic rings. The van der Waals surface area contributed by atoms with Crippen LogP contribution in [0, 0.1) is 15.9 Å². The van der Waals surface area contributed by atoms with Gasteiger partial charge in [-0.15, -0.1) is 11.8 Å². The highest BCUT2D eigenvalue weighted by Crippen LogP contribution is 2.38. The number of aliphatic hydroxyl groups excluding tert-OH is 1. The average molecular weight is 437 g/mol. The number of hydrogen-bond acceptors (Lipinski definition) is 7. The van der Waals surface area contributed by atoms with Crippen LogP contribution in [0.25, 0.3) is 6.08 Å². The number of halogens is 1. The number of nitrogens with zero attached hydrogens (tertiary/aromatic N) is 2. The zero-order valence-corrected chi connectivity index (χ0v) is 16.7. The molecule has 1 amide bonds. The number of aliphatic hydroxyl groups is 1. The van der Waals surface area contributed by atoms with Crippen molar-refractivity contribution in [3.63, 3.8) is 0 Å². The van der Waals surface area contributed by atoms with Gasteiger partial charge in [-0.25, -0.2) is 4.39 Å². The largest absolute Gasteiger partial charge is 0.396 e. The second-order valence-corrected chi connectivity index (χ2v) is 8.34. The fraction of sp³-hybridized carbons (Fsp3) is 0.111. The SMILES string of the molecule is O=C1C(=Cc2ccc(SCCO)c([N+](=O)[O-])c2)SC(=S)N1c1ccccc1F. The number of hydrogen-bond donors (Lipinski definition) is 1. The lowest BCUT2D eigenvalue weighted by Crippen LogP contribution is -2.28. The monoisotopic (exact) mass is 436 g/mol. The number of rotatable bonds is 6. The van der Waals surface area contributed by atoms with Crippen molar-refractivity contribution in [2.45, 2.75) is 4.90 Å². The second kappa shape index (κ2) is 8.82. The zero-order valence-electron chi connectivity index (χ0n) is 14.2. The van der Waals surface area contributed by atoms with Crippen molar-refractivity contribution in [3.8, 4) is 0 Å². The van der Waals surface area contributed by atoms with Gasteiger partial charge in [-0.2, -0.15) is 0 Å². The lowest BCUT2D eigenvalue weighted by Gasteiger charge is -2.14. The van der Waals surface area contributed by atoms with Crippen molar-refractivity contribution in [1.82, 2.24) is 0 Å². The zero-order chi connectivity index (χ0) is 20.3. The molecule has 1 N–H and O–H groups in total. The first-order chi connectivity index (χ1) is 13.4. The second-order valence-electron chi connectivity index (χ2n) is 5.52. The molecule has 1 heterocycles. The molecule has 0 bridgehead atoms. The third kappa shape index (κ3) is 4.25. The summed E-state index contributed by atoms with van der Waals surface area (Å²) in [4.78, 5) is 25.3. The highest BCUT2D eigenvalue weighted by molar-refractivity contribution is 8.27. The van der Waals surface area contributed by atoms with Gasteiger partial charge in [0, 0.05) is 11.8 Å². The molecule has 28 heavy (non-hydrogen) atoms. The highest BCUT2D eigenvalue weighted by atomic mass is 32.2. The molecule has 10 heteroatoms. The fourth-order valence-corrected chi connectivity index (χ4v) is 4.55. The number of anilines is 1. The molecule has 1 aliphatic heterocycles. The number of thiocarbonyl (C=S) groups is 1. The van der Waals surface area contributed by atoms with Gasteiger partial charge in [0.05, 0.1) is 27.0 Å². The minimum Gasteiger partial charge on any atom is -0.396 e. The number of para-hydroxylation sites is 1. The van der Waals surface area contributed by atoms with E-state index >= 15 is 0 Å². The molecule has 0 aromatic heterocycles. The maximum atomic E-state index is 14.1. The van der Waals surface area contributed by atoms with E-state index in [1.807, 2.05) is 0 Å². The average Bonchev–Trinajstić information content (AvgIpc) is 2.94. The summed E-state index contributed by atoms with van der Waals surface area (Å²) in [5, 5.41) is 20.2. The molecule has 1 saturated heterocycles.